The van der Waals surface area contributed by atoms with E-state index in [2.05, 4.69) is 142 Å². The first-order chi connectivity index (χ1) is 19.3. The molecule has 0 radical (unpaired) electrons. The van der Waals surface area contributed by atoms with Crippen LogP contribution in [0.15, 0.2) is 126 Å². The number of benzene rings is 7. The summed E-state index contributed by atoms with van der Waals surface area (Å²) in [5, 5.41) is 13.1. The molecular weight excluding hydrogens is 558 g/mol. The van der Waals surface area contributed by atoms with E-state index in [0.717, 1.165) is 4.47 Å². The molecule has 1 nitrogen and oxygen atoms in total. The number of rotatable bonds is 1. The van der Waals surface area contributed by atoms with E-state index in [4.69, 9.17) is 0 Å². The minimum atomic E-state index is 1.08. The molecule has 9 aromatic rings. The van der Waals surface area contributed by atoms with E-state index in [1.165, 1.54) is 80.0 Å². The summed E-state index contributed by atoms with van der Waals surface area (Å²) in [7, 11) is 0. The molecule has 7 aromatic carbocycles. The predicted molar refractivity (Wildman–Crippen MR) is 174 cm³/mol. The van der Waals surface area contributed by atoms with Gasteiger partial charge in [0.1, 0.15) is 0 Å². The molecule has 3 heteroatoms. The van der Waals surface area contributed by atoms with E-state index >= 15 is 0 Å². The van der Waals surface area contributed by atoms with Gasteiger partial charge in [0.15, 0.2) is 0 Å². The lowest BCUT2D eigenvalue weighted by Crippen LogP contribution is -1.94. The molecule has 0 amide bonds. The summed E-state index contributed by atoms with van der Waals surface area (Å²) in [5.74, 6) is 0. The Kier molecular flexibility index (Phi) is 4.41. The average molecular weight is 579 g/mol. The molecule has 0 aliphatic heterocycles. The largest absolute Gasteiger partial charge is 0.307 e. The van der Waals surface area contributed by atoms with Gasteiger partial charge in [0.25, 0.3) is 0 Å². The van der Waals surface area contributed by atoms with Crippen molar-refractivity contribution >= 4 is 102 Å². The third-order valence-electron chi connectivity index (χ3n) is 8.20. The van der Waals surface area contributed by atoms with Crippen molar-refractivity contribution in [2.24, 2.45) is 0 Å². The Labute approximate surface area is 236 Å². The smallest absolute Gasteiger partial charge is 0.0726 e. The Morgan fingerprint density at radius 2 is 1.03 bits per heavy atom. The van der Waals surface area contributed by atoms with Crippen molar-refractivity contribution in [3.8, 4) is 5.69 Å². The molecule has 0 spiro atoms. The first-order valence-corrected chi connectivity index (χ1v) is 14.8. The highest BCUT2D eigenvalue weighted by molar-refractivity contribution is 9.10. The minimum absolute atomic E-state index is 1.08. The summed E-state index contributed by atoms with van der Waals surface area (Å²) in [6.07, 6.45) is 0. The lowest BCUT2D eigenvalue weighted by atomic mass is 9.97. The monoisotopic (exact) mass is 577 g/mol. The van der Waals surface area contributed by atoms with Gasteiger partial charge in [-0.3, -0.25) is 0 Å². The van der Waals surface area contributed by atoms with E-state index in [0.29, 0.717) is 0 Å². The van der Waals surface area contributed by atoms with Gasteiger partial charge in [0, 0.05) is 41.8 Å². The van der Waals surface area contributed by atoms with Crippen molar-refractivity contribution < 1.29 is 0 Å². The molecule has 0 aliphatic rings. The molecule has 0 saturated heterocycles. The molecule has 0 bridgehead atoms. The fourth-order valence-corrected chi connectivity index (χ4v) is 8.22. The summed E-state index contributed by atoms with van der Waals surface area (Å²) in [6, 6.07) is 44.5. The number of hydrogen-bond donors (Lipinski definition) is 0. The number of nitrogens with zero attached hydrogens (tertiary/aromatic N) is 1. The third-order valence-corrected chi connectivity index (χ3v) is 9.97. The predicted octanol–water partition coefficient (Wildman–Crippen LogP) is 11.4. The van der Waals surface area contributed by atoms with Crippen LogP contribution in [0.25, 0.3) is 80.0 Å². The standard InChI is InChI=1S/C36H20BrNS/c37-23-15-17-24(18-16-23)38-33-25-9-3-1-7-21(25)13-19-29(33)31-27-11-5-6-12-28(27)32-30-20-14-22-8-2-4-10-26(22)35(30)39-36(32)34(31)38/h1-20H. The quantitative estimate of drug-likeness (QED) is 0.183. The first-order valence-electron chi connectivity index (χ1n) is 13.1. The summed E-state index contributed by atoms with van der Waals surface area (Å²) < 4.78 is 6.31. The second-order valence-corrected chi connectivity index (χ2v) is 12.2. The molecule has 0 fully saturated rings. The number of fused-ring (bicyclic) bond motifs is 14. The van der Waals surface area contributed by atoms with Crippen LogP contribution in [-0.4, -0.2) is 4.57 Å². The molecule has 0 saturated carbocycles. The van der Waals surface area contributed by atoms with Crippen molar-refractivity contribution in [3.05, 3.63) is 126 Å². The normalized spacial score (nSPS) is 12.2. The number of hydrogen-bond acceptors (Lipinski definition) is 1. The van der Waals surface area contributed by atoms with Gasteiger partial charge >= 0.3 is 0 Å². The zero-order chi connectivity index (χ0) is 25.7. The van der Waals surface area contributed by atoms with Crippen molar-refractivity contribution in [1.29, 1.82) is 0 Å². The summed E-state index contributed by atoms with van der Waals surface area (Å²) in [4.78, 5) is 0. The molecule has 0 unspecified atom stereocenters. The van der Waals surface area contributed by atoms with Crippen LogP contribution in [0.1, 0.15) is 0 Å². The van der Waals surface area contributed by atoms with E-state index in [9.17, 15) is 0 Å². The summed E-state index contributed by atoms with van der Waals surface area (Å²) in [5.41, 5.74) is 3.74. The second kappa shape index (κ2) is 7.92. The zero-order valence-corrected chi connectivity index (χ0v) is 23.2. The van der Waals surface area contributed by atoms with Gasteiger partial charge in [-0.2, -0.15) is 0 Å². The van der Waals surface area contributed by atoms with Gasteiger partial charge in [0.2, 0.25) is 0 Å². The number of thiophene rings is 1. The Hall–Kier alpha value is -4.18. The highest BCUT2D eigenvalue weighted by atomic mass is 79.9. The van der Waals surface area contributed by atoms with Gasteiger partial charge in [-0.25, -0.2) is 0 Å². The van der Waals surface area contributed by atoms with Crippen LogP contribution in [0.5, 0.6) is 0 Å². The number of halogens is 1. The van der Waals surface area contributed by atoms with Crippen LogP contribution in [0, 0.1) is 0 Å². The fraction of sp³-hybridized carbons (Fsp3) is 0. The number of aromatic nitrogens is 1. The first kappa shape index (κ1) is 21.7. The van der Waals surface area contributed by atoms with E-state index < -0.39 is 0 Å². The van der Waals surface area contributed by atoms with E-state index in [1.54, 1.807) is 0 Å². The molecule has 2 heterocycles. The van der Waals surface area contributed by atoms with Crippen molar-refractivity contribution in [1.82, 2.24) is 4.57 Å². The van der Waals surface area contributed by atoms with Crippen LogP contribution < -0.4 is 0 Å². The van der Waals surface area contributed by atoms with Gasteiger partial charge < -0.3 is 4.57 Å². The molecule has 0 atom stereocenters. The highest BCUT2D eigenvalue weighted by Crippen LogP contribution is 2.50. The highest BCUT2D eigenvalue weighted by Gasteiger charge is 2.23. The Morgan fingerprint density at radius 1 is 0.436 bits per heavy atom. The summed E-state index contributed by atoms with van der Waals surface area (Å²) >= 11 is 5.60. The van der Waals surface area contributed by atoms with Crippen molar-refractivity contribution in [3.63, 3.8) is 0 Å². The third kappa shape index (κ3) is 2.89. The van der Waals surface area contributed by atoms with Gasteiger partial charge in [-0.15, -0.1) is 11.3 Å². The maximum atomic E-state index is 3.66. The van der Waals surface area contributed by atoms with Gasteiger partial charge in [0.05, 0.1) is 15.7 Å². The lowest BCUT2D eigenvalue weighted by Gasteiger charge is -2.11. The maximum Gasteiger partial charge on any atom is 0.0726 e. The van der Waals surface area contributed by atoms with E-state index in [-0.39, 0.29) is 0 Å². The second-order valence-electron chi connectivity index (χ2n) is 10.2. The molecule has 2 aromatic heterocycles. The fourth-order valence-electron chi connectivity index (χ4n) is 6.56. The minimum Gasteiger partial charge on any atom is -0.307 e. The SMILES string of the molecule is Brc1ccc(-n2c3c4ccccc4ccc3c3c4ccccc4c4c5ccc6ccccc6c5sc4c32)cc1. The Bertz CT molecular complexity index is 2440. The molecule has 182 valence electrons. The Balaban J connectivity index is 1.65. The molecule has 0 N–H and O–H groups in total. The van der Waals surface area contributed by atoms with Crippen LogP contribution in [0.2, 0.25) is 0 Å². The Morgan fingerprint density at radius 3 is 1.77 bits per heavy atom. The molecule has 9 rings (SSSR count). The van der Waals surface area contributed by atoms with Crippen LogP contribution in [-0.2, 0) is 0 Å². The topological polar surface area (TPSA) is 4.93 Å². The molecule has 39 heavy (non-hydrogen) atoms. The zero-order valence-electron chi connectivity index (χ0n) is 20.8. The lowest BCUT2D eigenvalue weighted by molar-refractivity contribution is 1.19. The maximum absolute atomic E-state index is 3.66. The van der Waals surface area contributed by atoms with Crippen LogP contribution in [0.4, 0.5) is 0 Å². The van der Waals surface area contributed by atoms with Crippen molar-refractivity contribution in [2.75, 3.05) is 0 Å². The van der Waals surface area contributed by atoms with E-state index in [1.807, 2.05) is 11.3 Å². The van der Waals surface area contributed by atoms with Crippen molar-refractivity contribution in [2.45, 2.75) is 0 Å². The molecular formula is C36H20BrNS. The van der Waals surface area contributed by atoms with Gasteiger partial charge in [-0.05, 0) is 51.2 Å². The van der Waals surface area contributed by atoms with Crippen LogP contribution >= 0.6 is 27.3 Å². The van der Waals surface area contributed by atoms with Gasteiger partial charge in [-0.1, -0.05) is 113 Å². The van der Waals surface area contributed by atoms with Crippen LogP contribution in [0.3, 0.4) is 0 Å². The summed E-state index contributed by atoms with van der Waals surface area (Å²) in [6.45, 7) is 0. The molecule has 0 aliphatic carbocycles. The average Bonchev–Trinajstić information content (AvgIpc) is 3.55.